The Morgan fingerprint density at radius 3 is 1.97 bits per heavy atom. The SMILES string of the molecule is CC(=O)N1[C@@H]2[C@@H](CO[Si](c3ccccc3)(c3ccccc3)C(C)(C)C)OC(=O)[C@@H]21. The van der Waals surface area contributed by atoms with Gasteiger partial charge in [0.25, 0.3) is 8.32 Å². The average Bonchev–Trinajstić information content (AvgIpc) is 3.36. The van der Waals surface area contributed by atoms with E-state index in [-0.39, 0.29) is 29.6 Å². The summed E-state index contributed by atoms with van der Waals surface area (Å²) in [7, 11) is -2.69. The number of hydrogen-bond acceptors (Lipinski definition) is 4. The molecular formula is C23H27NO4Si. The first kappa shape index (κ1) is 19.9. The molecule has 2 aromatic rings. The number of carbonyl (C=O) groups excluding carboxylic acids is 2. The Labute approximate surface area is 172 Å². The van der Waals surface area contributed by atoms with Crippen molar-refractivity contribution in [3.8, 4) is 0 Å². The van der Waals surface area contributed by atoms with Crippen LogP contribution in [0.4, 0.5) is 0 Å². The molecule has 0 aromatic heterocycles. The number of amides is 1. The Kier molecular flexibility index (Phi) is 4.87. The topological polar surface area (TPSA) is 55.6 Å². The van der Waals surface area contributed by atoms with E-state index in [0.29, 0.717) is 0 Å². The first-order valence-electron chi connectivity index (χ1n) is 10.0. The molecule has 6 heteroatoms. The van der Waals surface area contributed by atoms with Crippen LogP contribution >= 0.6 is 0 Å². The number of benzene rings is 2. The van der Waals surface area contributed by atoms with Gasteiger partial charge >= 0.3 is 5.97 Å². The molecule has 1 amide bonds. The number of hydrogen-bond donors (Lipinski definition) is 0. The number of carbonyl (C=O) groups is 2. The molecule has 3 atom stereocenters. The zero-order valence-electron chi connectivity index (χ0n) is 17.3. The van der Waals surface area contributed by atoms with Crippen molar-refractivity contribution >= 4 is 30.6 Å². The highest BCUT2D eigenvalue weighted by Crippen LogP contribution is 2.42. The Balaban J connectivity index is 1.70. The summed E-state index contributed by atoms with van der Waals surface area (Å²) < 4.78 is 12.4. The minimum absolute atomic E-state index is 0.0906. The maximum Gasteiger partial charge on any atom is 0.331 e. The number of rotatable bonds is 5. The molecule has 2 aliphatic heterocycles. The largest absolute Gasteiger partial charge is 0.456 e. The van der Waals surface area contributed by atoms with Gasteiger partial charge in [-0.15, -0.1) is 0 Å². The van der Waals surface area contributed by atoms with Crippen LogP contribution in [-0.2, 0) is 18.8 Å². The highest BCUT2D eigenvalue weighted by atomic mass is 28.4. The predicted molar refractivity (Wildman–Crippen MR) is 114 cm³/mol. The molecule has 0 bridgehead atoms. The molecule has 2 aromatic carbocycles. The number of morpholine rings is 1. The van der Waals surface area contributed by atoms with Crippen LogP contribution in [0.5, 0.6) is 0 Å². The quantitative estimate of drug-likeness (QED) is 0.431. The zero-order valence-corrected chi connectivity index (χ0v) is 18.3. The summed E-state index contributed by atoms with van der Waals surface area (Å²) in [6.45, 7) is 8.40. The molecular weight excluding hydrogens is 382 g/mol. The van der Waals surface area contributed by atoms with Crippen LogP contribution in [0.25, 0.3) is 0 Å². The van der Waals surface area contributed by atoms with Crippen LogP contribution in [0.1, 0.15) is 27.7 Å². The Bertz CT molecular complexity index is 866. The van der Waals surface area contributed by atoms with Crippen molar-refractivity contribution in [3.05, 3.63) is 60.7 Å². The van der Waals surface area contributed by atoms with Gasteiger partial charge in [-0.25, -0.2) is 4.79 Å². The van der Waals surface area contributed by atoms with Gasteiger partial charge in [0.1, 0.15) is 12.1 Å². The van der Waals surface area contributed by atoms with E-state index < -0.39 is 20.5 Å². The molecule has 0 radical (unpaired) electrons. The van der Waals surface area contributed by atoms with Gasteiger partial charge in [-0.05, 0) is 15.4 Å². The summed E-state index contributed by atoms with van der Waals surface area (Å²) in [5, 5.41) is 2.21. The van der Waals surface area contributed by atoms with Gasteiger partial charge in [0, 0.05) is 6.92 Å². The Morgan fingerprint density at radius 1 is 1.03 bits per heavy atom. The molecule has 5 nitrogen and oxygen atoms in total. The highest BCUT2D eigenvalue weighted by molar-refractivity contribution is 6.99. The monoisotopic (exact) mass is 409 g/mol. The highest BCUT2D eigenvalue weighted by Gasteiger charge is 2.66. The number of fused-ring (bicyclic) bond motifs is 1. The lowest BCUT2D eigenvalue weighted by Gasteiger charge is -2.43. The third kappa shape index (κ3) is 3.20. The van der Waals surface area contributed by atoms with Crippen molar-refractivity contribution in [2.24, 2.45) is 0 Å². The van der Waals surface area contributed by atoms with E-state index >= 15 is 0 Å². The van der Waals surface area contributed by atoms with Gasteiger partial charge < -0.3 is 14.1 Å². The van der Waals surface area contributed by atoms with Crippen molar-refractivity contribution in [1.29, 1.82) is 0 Å². The van der Waals surface area contributed by atoms with E-state index in [1.165, 1.54) is 17.3 Å². The second-order valence-electron chi connectivity index (χ2n) is 8.81. The summed E-state index contributed by atoms with van der Waals surface area (Å²) in [5.41, 5.74) is 0. The first-order chi connectivity index (χ1) is 13.8. The third-order valence-corrected chi connectivity index (χ3v) is 11.0. The van der Waals surface area contributed by atoms with Crippen LogP contribution in [0, 0.1) is 0 Å². The number of ether oxygens (including phenoxy) is 1. The smallest absolute Gasteiger partial charge is 0.331 e. The summed E-state index contributed by atoms with van der Waals surface area (Å²) in [6, 6.07) is 20.1. The normalized spacial score (nSPS) is 23.5. The lowest BCUT2D eigenvalue weighted by Crippen LogP contribution is -2.67. The summed E-state index contributed by atoms with van der Waals surface area (Å²) in [6.07, 6.45) is -0.418. The molecule has 0 saturated carbocycles. The van der Waals surface area contributed by atoms with E-state index in [1.807, 2.05) is 36.4 Å². The fourth-order valence-electron chi connectivity index (χ4n) is 4.68. The van der Waals surface area contributed by atoms with Crippen molar-refractivity contribution in [2.75, 3.05) is 6.61 Å². The van der Waals surface area contributed by atoms with Gasteiger partial charge in [-0.3, -0.25) is 4.79 Å². The van der Waals surface area contributed by atoms with Gasteiger partial charge in [-0.1, -0.05) is 81.4 Å². The lowest BCUT2D eigenvalue weighted by atomic mass is 10.2. The molecule has 0 N–H and O–H groups in total. The minimum atomic E-state index is -2.69. The number of cyclic esters (lactones) is 1. The Hall–Kier alpha value is -2.44. The van der Waals surface area contributed by atoms with E-state index in [4.69, 9.17) is 9.16 Å². The van der Waals surface area contributed by atoms with Gasteiger partial charge in [0.2, 0.25) is 5.91 Å². The van der Waals surface area contributed by atoms with Crippen LogP contribution in [0.15, 0.2) is 60.7 Å². The van der Waals surface area contributed by atoms with Crippen molar-refractivity contribution in [2.45, 2.75) is 50.9 Å². The molecule has 0 aliphatic carbocycles. The van der Waals surface area contributed by atoms with E-state index in [1.54, 1.807) is 4.90 Å². The molecule has 2 fully saturated rings. The average molecular weight is 410 g/mol. The third-order valence-electron chi connectivity index (χ3n) is 5.99. The lowest BCUT2D eigenvalue weighted by molar-refractivity contribution is -0.150. The zero-order chi connectivity index (χ0) is 20.8. The molecule has 0 unspecified atom stereocenters. The first-order valence-corrected chi connectivity index (χ1v) is 11.9. The van der Waals surface area contributed by atoms with Crippen LogP contribution in [0.3, 0.4) is 0 Å². The van der Waals surface area contributed by atoms with Crippen LogP contribution in [0.2, 0.25) is 5.04 Å². The van der Waals surface area contributed by atoms with Crippen LogP contribution in [-0.4, -0.2) is 49.9 Å². The molecule has 4 rings (SSSR count). The second-order valence-corrected chi connectivity index (χ2v) is 13.1. The molecule has 2 aliphatic rings. The van der Waals surface area contributed by atoms with E-state index in [9.17, 15) is 9.59 Å². The number of esters is 1. The predicted octanol–water partition coefficient (Wildman–Crippen LogP) is 2.09. The van der Waals surface area contributed by atoms with E-state index in [2.05, 4.69) is 45.0 Å². The number of nitrogens with zero attached hydrogens (tertiary/aromatic N) is 1. The van der Waals surface area contributed by atoms with Crippen molar-refractivity contribution in [3.63, 3.8) is 0 Å². The van der Waals surface area contributed by atoms with Crippen molar-refractivity contribution in [1.82, 2.24) is 4.90 Å². The fraction of sp³-hybridized carbons (Fsp3) is 0.391. The van der Waals surface area contributed by atoms with Gasteiger partial charge in [0.15, 0.2) is 6.04 Å². The van der Waals surface area contributed by atoms with Gasteiger partial charge in [-0.2, -0.15) is 0 Å². The maximum absolute atomic E-state index is 12.1. The summed E-state index contributed by atoms with van der Waals surface area (Å²) >= 11 is 0. The van der Waals surface area contributed by atoms with Crippen LogP contribution < -0.4 is 10.4 Å². The summed E-state index contributed by atoms with van der Waals surface area (Å²) in [4.78, 5) is 25.5. The summed E-state index contributed by atoms with van der Waals surface area (Å²) in [5.74, 6) is -0.409. The minimum Gasteiger partial charge on any atom is -0.456 e. The standard InChI is InChI=1S/C23H27NO4Si/c1-16(25)24-20-19(28-22(26)21(20)24)15-27-29(23(2,3)4,17-11-7-5-8-12-17)18-13-9-6-10-14-18/h5-14,19-21H,15H2,1-4H3/t19-,20-,21-,24?/m1/s1. The second kappa shape index (κ2) is 7.11. The van der Waals surface area contributed by atoms with Gasteiger partial charge in [0.05, 0.1) is 6.61 Å². The fourth-order valence-corrected chi connectivity index (χ4v) is 9.25. The molecule has 2 saturated heterocycles. The molecule has 152 valence electrons. The van der Waals surface area contributed by atoms with Crippen molar-refractivity contribution < 1.29 is 18.8 Å². The van der Waals surface area contributed by atoms with E-state index in [0.717, 1.165) is 0 Å². The maximum atomic E-state index is 12.1. The molecule has 2 heterocycles. The Morgan fingerprint density at radius 2 is 1.55 bits per heavy atom. The molecule has 29 heavy (non-hydrogen) atoms. The molecule has 0 spiro atoms.